The molecule has 2 aromatic rings. The van der Waals surface area contributed by atoms with E-state index in [9.17, 15) is 15.0 Å². The van der Waals surface area contributed by atoms with Crippen LogP contribution in [0.2, 0.25) is 0 Å². The van der Waals surface area contributed by atoms with Gasteiger partial charge >= 0.3 is 0 Å². The number of anilines is 1. The summed E-state index contributed by atoms with van der Waals surface area (Å²) in [7, 11) is 0. The molecule has 1 aliphatic heterocycles. The summed E-state index contributed by atoms with van der Waals surface area (Å²) < 4.78 is 0. The van der Waals surface area contributed by atoms with E-state index in [0.29, 0.717) is 22.5 Å². The molecule has 2 N–H and O–H groups in total. The highest BCUT2D eigenvalue weighted by atomic mass is 16.3. The molecule has 0 fully saturated rings. The van der Waals surface area contributed by atoms with Crippen LogP contribution in [0.15, 0.2) is 59.2 Å². The lowest BCUT2D eigenvalue weighted by Crippen LogP contribution is -2.21. The lowest BCUT2D eigenvalue weighted by molar-refractivity contribution is -0.114. The number of hydrogen-bond acceptors (Lipinski definition) is 4. The van der Waals surface area contributed by atoms with Gasteiger partial charge in [-0.1, -0.05) is 24.3 Å². The lowest BCUT2D eigenvalue weighted by atomic mass is 10.1. The van der Waals surface area contributed by atoms with E-state index in [1.807, 2.05) is 30.3 Å². The maximum absolute atomic E-state index is 12.5. The molecular weight excluding hydrogens is 280 g/mol. The molecular formula is C17H14N2O3. The van der Waals surface area contributed by atoms with Crippen LogP contribution in [0.5, 0.6) is 11.5 Å². The van der Waals surface area contributed by atoms with E-state index in [4.69, 9.17) is 0 Å². The van der Waals surface area contributed by atoms with Gasteiger partial charge in [0.1, 0.15) is 0 Å². The summed E-state index contributed by atoms with van der Waals surface area (Å²) in [5.74, 6) is -0.651. The average Bonchev–Trinajstić information content (AvgIpc) is 2.80. The van der Waals surface area contributed by atoms with Gasteiger partial charge in [-0.2, -0.15) is 10.1 Å². The van der Waals surface area contributed by atoms with Crippen molar-refractivity contribution in [1.29, 1.82) is 0 Å². The Kier molecular flexibility index (Phi) is 3.39. The summed E-state index contributed by atoms with van der Waals surface area (Å²) in [5.41, 5.74) is 2.36. The van der Waals surface area contributed by atoms with Gasteiger partial charge < -0.3 is 10.2 Å². The highest BCUT2D eigenvalue weighted by Gasteiger charge is 2.28. The van der Waals surface area contributed by atoms with E-state index in [1.165, 1.54) is 17.1 Å². The summed E-state index contributed by atoms with van der Waals surface area (Å²) in [6.07, 6.45) is 1.64. The molecule has 0 unspecified atom stereocenters. The lowest BCUT2D eigenvalue weighted by Gasteiger charge is -2.11. The van der Waals surface area contributed by atoms with E-state index >= 15 is 0 Å². The Balaban J connectivity index is 1.96. The fourth-order valence-corrected chi connectivity index (χ4v) is 2.23. The minimum absolute atomic E-state index is 0.198. The molecule has 0 radical (unpaired) electrons. The summed E-state index contributed by atoms with van der Waals surface area (Å²) in [6.45, 7) is 1.76. The third-order valence-electron chi connectivity index (χ3n) is 3.37. The molecule has 110 valence electrons. The highest BCUT2D eigenvalue weighted by molar-refractivity contribution is 6.32. The molecule has 0 bridgehead atoms. The van der Waals surface area contributed by atoms with Crippen molar-refractivity contribution in [3.8, 4) is 11.5 Å². The fourth-order valence-electron chi connectivity index (χ4n) is 2.23. The molecule has 0 atom stereocenters. The smallest absolute Gasteiger partial charge is 0.280 e. The number of rotatable bonds is 2. The number of carbonyl (C=O) groups is 1. The minimum Gasteiger partial charge on any atom is -0.504 e. The normalized spacial score (nSPS) is 16.2. The highest BCUT2D eigenvalue weighted by Crippen LogP contribution is 2.28. The van der Waals surface area contributed by atoms with Crippen LogP contribution in [-0.2, 0) is 4.79 Å². The first-order valence-electron chi connectivity index (χ1n) is 6.75. The topological polar surface area (TPSA) is 73.1 Å². The standard InChI is InChI=1S/C17H14N2O3/c1-11-14(9-12-7-8-15(20)16(21)10-12)17(22)19(18-11)13-5-3-2-4-6-13/h2-10,20-21H,1H3. The number of hydrogen-bond donors (Lipinski definition) is 2. The monoisotopic (exact) mass is 294 g/mol. The van der Waals surface area contributed by atoms with Crippen molar-refractivity contribution in [2.75, 3.05) is 5.01 Å². The van der Waals surface area contributed by atoms with Gasteiger partial charge in [0.05, 0.1) is 17.0 Å². The van der Waals surface area contributed by atoms with Gasteiger partial charge in [0.25, 0.3) is 5.91 Å². The number of nitrogens with zero attached hydrogens (tertiary/aromatic N) is 2. The molecule has 5 nitrogen and oxygen atoms in total. The number of benzene rings is 2. The first-order chi connectivity index (χ1) is 10.6. The molecule has 5 heteroatoms. The second-order valence-corrected chi connectivity index (χ2v) is 4.94. The molecule has 0 aromatic heterocycles. The zero-order valence-corrected chi connectivity index (χ0v) is 11.9. The van der Waals surface area contributed by atoms with Crippen molar-refractivity contribution in [3.63, 3.8) is 0 Å². The van der Waals surface area contributed by atoms with Crippen LogP contribution in [0.25, 0.3) is 6.08 Å². The number of aromatic hydroxyl groups is 2. The fraction of sp³-hybridized carbons (Fsp3) is 0.0588. The number of hydrazone groups is 1. The second-order valence-electron chi connectivity index (χ2n) is 4.94. The molecule has 3 rings (SSSR count). The Hall–Kier alpha value is -3.08. The maximum Gasteiger partial charge on any atom is 0.280 e. The molecule has 0 spiro atoms. The number of phenols is 2. The van der Waals surface area contributed by atoms with Crippen molar-refractivity contribution in [2.45, 2.75) is 6.92 Å². The molecule has 1 amide bonds. The van der Waals surface area contributed by atoms with E-state index in [-0.39, 0.29) is 17.4 Å². The zero-order valence-electron chi connectivity index (χ0n) is 11.9. The Morgan fingerprint density at radius 1 is 1.05 bits per heavy atom. The van der Waals surface area contributed by atoms with Crippen LogP contribution >= 0.6 is 0 Å². The first kappa shape index (κ1) is 13.9. The molecule has 0 saturated carbocycles. The molecule has 22 heavy (non-hydrogen) atoms. The summed E-state index contributed by atoms with van der Waals surface area (Å²) in [4.78, 5) is 12.5. The van der Waals surface area contributed by atoms with Crippen molar-refractivity contribution in [2.24, 2.45) is 5.10 Å². The minimum atomic E-state index is -0.227. The Bertz CT molecular complexity index is 795. The molecule has 1 aliphatic rings. The summed E-state index contributed by atoms with van der Waals surface area (Å²) in [5, 5.41) is 24.5. The van der Waals surface area contributed by atoms with Gasteiger partial charge in [-0.05, 0) is 42.8 Å². The van der Waals surface area contributed by atoms with Crippen molar-refractivity contribution in [3.05, 3.63) is 59.7 Å². The second kappa shape index (κ2) is 5.37. The Morgan fingerprint density at radius 2 is 1.77 bits per heavy atom. The third-order valence-corrected chi connectivity index (χ3v) is 3.37. The van der Waals surface area contributed by atoms with Gasteiger partial charge in [0.15, 0.2) is 11.5 Å². The predicted octanol–water partition coefficient (Wildman–Crippen LogP) is 2.90. The Labute approximate surface area is 127 Å². The van der Waals surface area contributed by atoms with Crippen LogP contribution in [0, 0.1) is 0 Å². The van der Waals surface area contributed by atoms with Crippen molar-refractivity contribution in [1.82, 2.24) is 0 Å². The zero-order chi connectivity index (χ0) is 15.7. The van der Waals surface area contributed by atoms with Crippen LogP contribution in [0.4, 0.5) is 5.69 Å². The third kappa shape index (κ3) is 2.44. The summed E-state index contributed by atoms with van der Waals surface area (Å²) >= 11 is 0. The quantitative estimate of drug-likeness (QED) is 0.660. The largest absolute Gasteiger partial charge is 0.504 e. The van der Waals surface area contributed by atoms with Gasteiger partial charge in [-0.15, -0.1) is 0 Å². The van der Waals surface area contributed by atoms with Crippen LogP contribution < -0.4 is 5.01 Å². The molecule has 2 aromatic carbocycles. The SMILES string of the molecule is CC1=NN(c2ccccc2)C(=O)C1=Cc1ccc(O)c(O)c1. The molecule has 0 aliphatic carbocycles. The van der Waals surface area contributed by atoms with Gasteiger partial charge in [0.2, 0.25) is 0 Å². The average molecular weight is 294 g/mol. The van der Waals surface area contributed by atoms with Crippen LogP contribution in [0.1, 0.15) is 12.5 Å². The summed E-state index contributed by atoms with van der Waals surface area (Å²) in [6, 6.07) is 13.6. The maximum atomic E-state index is 12.5. The number of carbonyl (C=O) groups excluding carboxylic acids is 1. The van der Waals surface area contributed by atoms with E-state index in [2.05, 4.69) is 5.10 Å². The van der Waals surface area contributed by atoms with Gasteiger partial charge in [-0.25, -0.2) is 0 Å². The van der Waals surface area contributed by atoms with Gasteiger partial charge in [-0.3, -0.25) is 4.79 Å². The predicted molar refractivity (Wildman–Crippen MR) is 84.8 cm³/mol. The van der Waals surface area contributed by atoms with Crippen LogP contribution in [-0.4, -0.2) is 21.8 Å². The number of phenolic OH excluding ortho intramolecular Hbond substituents is 2. The van der Waals surface area contributed by atoms with E-state index < -0.39 is 0 Å². The van der Waals surface area contributed by atoms with E-state index in [0.717, 1.165) is 0 Å². The first-order valence-corrected chi connectivity index (χ1v) is 6.75. The van der Waals surface area contributed by atoms with Crippen LogP contribution in [0.3, 0.4) is 0 Å². The van der Waals surface area contributed by atoms with E-state index in [1.54, 1.807) is 19.1 Å². The number of para-hydroxylation sites is 1. The van der Waals surface area contributed by atoms with Gasteiger partial charge in [0, 0.05) is 0 Å². The Morgan fingerprint density at radius 3 is 2.45 bits per heavy atom. The number of amides is 1. The molecule has 1 heterocycles. The van der Waals surface area contributed by atoms with Crippen molar-refractivity contribution < 1.29 is 15.0 Å². The molecule has 0 saturated heterocycles. The van der Waals surface area contributed by atoms with Crippen molar-refractivity contribution >= 4 is 23.4 Å².